The molecule has 2 rings (SSSR count). The van der Waals surface area contributed by atoms with Gasteiger partial charge in [-0.3, -0.25) is 9.79 Å². The molecular weight excluding hydrogens is 254 g/mol. The second-order valence-electron chi connectivity index (χ2n) is 4.08. The second kappa shape index (κ2) is 6.47. The van der Waals surface area contributed by atoms with Crippen molar-refractivity contribution < 1.29 is 5.84 Å². The van der Waals surface area contributed by atoms with Crippen molar-refractivity contribution in [3.05, 3.63) is 70.8 Å². The average Bonchev–Trinajstić information content (AvgIpc) is 2.87. The largest absolute Gasteiger partial charge is 0.441 e. The lowest BCUT2D eigenvalue weighted by Gasteiger charge is -1.94. The van der Waals surface area contributed by atoms with Gasteiger partial charge in [0.05, 0.1) is 12.7 Å². The Balaban J connectivity index is 0.00000220. The normalized spacial score (nSPS) is 11.9. The zero-order valence-electron chi connectivity index (χ0n) is 11.2. The number of rotatable bonds is 5. The molecule has 1 N–H and O–H groups in total. The van der Waals surface area contributed by atoms with E-state index < -0.39 is 0 Å². The summed E-state index contributed by atoms with van der Waals surface area (Å²) in [5.41, 5.74) is 1.28. The predicted molar refractivity (Wildman–Crippen MR) is 80.8 cm³/mol. The van der Waals surface area contributed by atoms with Crippen molar-refractivity contribution in [1.29, 1.82) is 0 Å². The number of hydrogen-bond acceptors (Lipinski definition) is 4. The predicted octanol–water partition coefficient (Wildman–Crippen LogP) is 2.76. The summed E-state index contributed by atoms with van der Waals surface area (Å²) < 4.78 is 5.40. The molecule has 0 aliphatic rings. The summed E-state index contributed by atoms with van der Waals surface area (Å²) >= 11 is 0. The number of nitrogens with zero attached hydrogens (tertiary/aromatic N) is 2. The highest BCUT2D eigenvalue weighted by Gasteiger charge is 2.02. The Hall–Kier alpha value is -2.69. The molecule has 0 atom stereocenters. The fraction of sp³-hybridized carbons (Fsp3) is 0.133. The quantitative estimate of drug-likeness (QED) is 0.671. The number of aromatic nitrogens is 2. The third-order valence-electron chi connectivity index (χ3n) is 2.65. The van der Waals surface area contributed by atoms with E-state index >= 15 is 0 Å². The minimum atomic E-state index is -0.122. The molecule has 2 aromatic rings. The van der Waals surface area contributed by atoms with Crippen molar-refractivity contribution in [2.45, 2.75) is 13.5 Å². The molecule has 0 aliphatic carbocycles. The molecule has 0 spiro atoms. The highest BCUT2D eigenvalue weighted by Crippen LogP contribution is 2.15. The van der Waals surface area contributed by atoms with Gasteiger partial charge in [-0.25, -0.2) is 4.98 Å². The first-order chi connectivity index (χ1) is 9.70. The van der Waals surface area contributed by atoms with Gasteiger partial charge >= 0.3 is 0 Å². The Bertz CT molecular complexity index is 713. The third kappa shape index (κ3) is 3.41. The minimum Gasteiger partial charge on any atom is -0.441 e. The Morgan fingerprint density at radius 2 is 2.50 bits per heavy atom. The van der Waals surface area contributed by atoms with E-state index in [1.165, 1.54) is 0 Å². The SMILES string of the molecule is C=C/C(=C\C=NCc1ccc[nH]c1=O)c1cnc(C)o1.[HH]. The first kappa shape index (κ1) is 13.7. The van der Waals surface area contributed by atoms with Gasteiger partial charge in [0.15, 0.2) is 11.7 Å². The number of H-pyrrole nitrogens is 1. The lowest BCUT2D eigenvalue weighted by Crippen LogP contribution is -2.09. The molecule has 0 radical (unpaired) electrons. The molecule has 0 aromatic carbocycles. The number of pyridine rings is 1. The van der Waals surface area contributed by atoms with Crippen LogP contribution in [0.4, 0.5) is 0 Å². The molecule has 0 saturated heterocycles. The van der Waals surface area contributed by atoms with Crippen LogP contribution in [0.3, 0.4) is 0 Å². The maximum atomic E-state index is 11.4. The van der Waals surface area contributed by atoms with Gasteiger partial charge in [0.2, 0.25) is 0 Å². The smallest absolute Gasteiger partial charge is 0.253 e. The summed E-state index contributed by atoms with van der Waals surface area (Å²) in [6.07, 6.45) is 8.29. The lowest BCUT2D eigenvalue weighted by atomic mass is 10.2. The van der Waals surface area contributed by atoms with Crippen molar-refractivity contribution in [2.24, 2.45) is 4.99 Å². The van der Waals surface area contributed by atoms with E-state index in [1.807, 2.05) is 0 Å². The molecule has 0 unspecified atom stereocenters. The maximum Gasteiger partial charge on any atom is 0.253 e. The van der Waals surface area contributed by atoms with Gasteiger partial charge in [0.25, 0.3) is 5.56 Å². The Kier molecular flexibility index (Phi) is 4.44. The van der Waals surface area contributed by atoms with Crippen LogP contribution < -0.4 is 5.56 Å². The zero-order chi connectivity index (χ0) is 14.4. The highest BCUT2D eigenvalue weighted by molar-refractivity contribution is 5.86. The molecule has 0 bridgehead atoms. The number of oxazole rings is 1. The molecular formula is C15H17N3O2. The monoisotopic (exact) mass is 271 g/mol. The van der Waals surface area contributed by atoms with Gasteiger partial charge in [-0.05, 0) is 12.1 Å². The molecule has 2 heterocycles. The minimum absolute atomic E-state index is 0. The van der Waals surface area contributed by atoms with Gasteiger partial charge in [-0.2, -0.15) is 0 Å². The summed E-state index contributed by atoms with van der Waals surface area (Å²) in [7, 11) is 0. The van der Waals surface area contributed by atoms with Crippen LogP contribution in [0.25, 0.3) is 5.57 Å². The first-order valence-electron chi connectivity index (χ1n) is 6.12. The number of aromatic amines is 1. The van der Waals surface area contributed by atoms with Gasteiger partial charge in [-0.1, -0.05) is 18.7 Å². The first-order valence-corrected chi connectivity index (χ1v) is 6.12. The molecule has 0 saturated carbocycles. The molecule has 20 heavy (non-hydrogen) atoms. The summed E-state index contributed by atoms with van der Waals surface area (Å²) in [5, 5.41) is 0. The van der Waals surface area contributed by atoms with Gasteiger partial charge in [0, 0.05) is 31.9 Å². The van der Waals surface area contributed by atoms with Crippen molar-refractivity contribution in [3.63, 3.8) is 0 Å². The molecule has 2 aromatic heterocycles. The molecule has 0 fully saturated rings. The molecule has 5 nitrogen and oxygen atoms in total. The second-order valence-corrected chi connectivity index (χ2v) is 4.08. The topological polar surface area (TPSA) is 71.2 Å². The number of allylic oxidation sites excluding steroid dienone is 3. The Labute approximate surface area is 117 Å². The highest BCUT2D eigenvalue weighted by atomic mass is 16.4. The van der Waals surface area contributed by atoms with Crippen LogP contribution >= 0.6 is 0 Å². The number of hydrogen-bond donors (Lipinski definition) is 1. The van der Waals surface area contributed by atoms with Gasteiger partial charge in [-0.15, -0.1) is 0 Å². The summed E-state index contributed by atoms with van der Waals surface area (Å²) in [4.78, 5) is 22.3. The fourth-order valence-corrected chi connectivity index (χ4v) is 1.61. The van der Waals surface area contributed by atoms with Crippen molar-refractivity contribution in [1.82, 2.24) is 9.97 Å². The molecule has 0 aliphatic heterocycles. The molecule has 5 heteroatoms. The average molecular weight is 271 g/mol. The lowest BCUT2D eigenvalue weighted by molar-refractivity contribution is 0.511. The van der Waals surface area contributed by atoms with E-state index in [1.54, 1.807) is 49.8 Å². The Morgan fingerprint density at radius 3 is 3.15 bits per heavy atom. The van der Waals surface area contributed by atoms with Crippen LogP contribution in [0.2, 0.25) is 0 Å². The van der Waals surface area contributed by atoms with Gasteiger partial charge in [0.1, 0.15) is 0 Å². The van der Waals surface area contributed by atoms with Crippen molar-refractivity contribution in [2.75, 3.05) is 0 Å². The van der Waals surface area contributed by atoms with E-state index in [-0.39, 0.29) is 6.99 Å². The molecule has 0 amide bonds. The van der Waals surface area contributed by atoms with Crippen LogP contribution in [0.5, 0.6) is 0 Å². The summed E-state index contributed by atoms with van der Waals surface area (Å²) in [6, 6.07) is 3.52. The van der Waals surface area contributed by atoms with Crippen LogP contribution in [0.15, 0.2) is 57.5 Å². The summed E-state index contributed by atoms with van der Waals surface area (Å²) in [6.45, 7) is 5.83. The number of aliphatic imine (C=N–C) groups is 1. The Morgan fingerprint density at radius 1 is 1.65 bits per heavy atom. The maximum absolute atomic E-state index is 11.4. The third-order valence-corrected chi connectivity index (χ3v) is 2.65. The zero-order valence-corrected chi connectivity index (χ0v) is 11.2. The molecule has 104 valence electrons. The van der Waals surface area contributed by atoms with Crippen LogP contribution in [0.1, 0.15) is 18.6 Å². The van der Waals surface area contributed by atoms with Crippen LogP contribution in [-0.4, -0.2) is 16.2 Å². The van der Waals surface area contributed by atoms with Crippen LogP contribution in [0, 0.1) is 6.92 Å². The van der Waals surface area contributed by atoms with Crippen molar-refractivity contribution >= 4 is 11.8 Å². The van der Waals surface area contributed by atoms with E-state index in [2.05, 4.69) is 21.5 Å². The fourth-order valence-electron chi connectivity index (χ4n) is 1.61. The van der Waals surface area contributed by atoms with Gasteiger partial charge < -0.3 is 9.40 Å². The summed E-state index contributed by atoms with van der Waals surface area (Å²) in [5.74, 6) is 1.24. The van der Waals surface area contributed by atoms with Crippen molar-refractivity contribution in [3.8, 4) is 0 Å². The van der Waals surface area contributed by atoms with E-state index in [0.717, 1.165) is 5.57 Å². The standard InChI is InChI=1S/C15H15N3O2.H2/c1-3-12(14-10-18-11(2)20-14)6-8-16-9-13-5-4-7-17-15(13)19;/h3-8,10H,1,9H2,2H3,(H,17,19);1H/b12-6+,16-8?;. The number of nitrogens with one attached hydrogen (secondary N) is 1. The van der Waals surface area contributed by atoms with E-state index in [9.17, 15) is 4.79 Å². The number of aryl methyl sites for hydroxylation is 1. The van der Waals surface area contributed by atoms with Crippen LogP contribution in [-0.2, 0) is 6.54 Å². The van der Waals surface area contributed by atoms with E-state index in [0.29, 0.717) is 23.8 Å². The van der Waals surface area contributed by atoms with E-state index in [4.69, 9.17) is 4.42 Å².